The summed E-state index contributed by atoms with van der Waals surface area (Å²) in [7, 11) is 0. The third-order valence-electron chi connectivity index (χ3n) is 1.90. The Hall–Kier alpha value is -1.00. The summed E-state index contributed by atoms with van der Waals surface area (Å²) in [5.74, 6) is 0. The number of hydrogen-bond acceptors (Lipinski definition) is 3. The van der Waals surface area contributed by atoms with Crippen LogP contribution in [-0.2, 0) is 0 Å². The third-order valence-corrected chi connectivity index (χ3v) is 1.90. The van der Waals surface area contributed by atoms with E-state index >= 15 is 0 Å². The Morgan fingerprint density at radius 1 is 1.50 bits per heavy atom. The van der Waals surface area contributed by atoms with Crippen LogP contribution < -0.4 is 10.6 Å². The lowest BCUT2D eigenvalue weighted by atomic mass is 10.2. The van der Waals surface area contributed by atoms with Crippen LogP contribution in [0.2, 0.25) is 0 Å². The van der Waals surface area contributed by atoms with E-state index in [0.717, 1.165) is 18.5 Å². The van der Waals surface area contributed by atoms with E-state index < -0.39 is 6.80 Å². The summed E-state index contributed by atoms with van der Waals surface area (Å²) in [6.07, 6.45) is 4.31. The number of hydrogen-bond donors (Lipinski definition) is 2. The van der Waals surface area contributed by atoms with Crippen LogP contribution in [0.25, 0.3) is 0 Å². The van der Waals surface area contributed by atoms with Crippen LogP contribution in [0.1, 0.15) is 25.1 Å². The molecule has 78 valence electrons. The van der Waals surface area contributed by atoms with Gasteiger partial charge in [-0.2, -0.15) is 0 Å². The largest absolute Gasteiger partial charge is 0.298 e. The molecule has 0 bridgehead atoms. The maximum absolute atomic E-state index is 12.2. The van der Waals surface area contributed by atoms with Crippen molar-refractivity contribution in [2.45, 2.75) is 19.5 Å². The highest BCUT2D eigenvalue weighted by Gasteiger charge is 2.08. The van der Waals surface area contributed by atoms with E-state index in [1.54, 1.807) is 12.4 Å². The van der Waals surface area contributed by atoms with Crippen molar-refractivity contribution in [3.8, 4) is 0 Å². The van der Waals surface area contributed by atoms with Crippen molar-refractivity contribution in [1.82, 2.24) is 15.6 Å². The van der Waals surface area contributed by atoms with E-state index in [9.17, 15) is 4.39 Å². The van der Waals surface area contributed by atoms with Crippen LogP contribution in [-0.4, -0.2) is 18.3 Å². The van der Waals surface area contributed by atoms with Crippen LogP contribution in [0, 0.1) is 0 Å². The van der Waals surface area contributed by atoms with Gasteiger partial charge in [0.05, 0.1) is 6.17 Å². The zero-order valence-corrected chi connectivity index (χ0v) is 8.33. The highest BCUT2D eigenvalue weighted by atomic mass is 19.1. The van der Waals surface area contributed by atoms with Gasteiger partial charge in [-0.05, 0) is 19.0 Å². The lowest BCUT2D eigenvalue weighted by Crippen LogP contribution is -2.34. The summed E-state index contributed by atoms with van der Waals surface area (Å²) in [4.78, 5) is 3.99. The topological polar surface area (TPSA) is 37.0 Å². The molecule has 0 saturated carbocycles. The van der Waals surface area contributed by atoms with E-state index in [0.29, 0.717) is 0 Å². The fourth-order valence-electron chi connectivity index (χ4n) is 1.22. The Morgan fingerprint density at radius 2 is 2.36 bits per heavy atom. The highest BCUT2D eigenvalue weighted by molar-refractivity contribution is 5.12. The molecule has 0 aliphatic rings. The molecule has 2 N–H and O–H groups in total. The molecule has 0 amide bonds. The zero-order chi connectivity index (χ0) is 10.2. The SMILES string of the molecule is CCCNC(NCF)c1cccnc1. The van der Waals surface area contributed by atoms with Crippen LogP contribution in [0.3, 0.4) is 0 Å². The molecule has 14 heavy (non-hydrogen) atoms. The van der Waals surface area contributed by atoms with Crippen molar-refractivity contribution < 1.29 is 4.39 Å². The van der Waals surface area contributed by atoms with E-state index in [1.807, 2.05) is 12.1 Å². The Labute approximate surface area is 83.7 Å². The van der Waals surface area contributed by atoms with Crippen molar-refractivity contribution in [3.63, 3.8) is 0 Å². The van der Waals surface area contributed by atoms with Crippen molar-refractivity contribution in [3.05, 3.63) is 30.1 Å². The van der Waals surface area contributed by atoms with Crippen LogP contribution in [0.4, 0.5) is 4.39 Å². The second-order valence-electron chi connectivity index (χ2n) is 3.01. The number of nitrogens with one attached hydrogen (secondary N) is 2. The maximum atomic E-state index is 12.2. The molecule has 0 aromatic carbocycles. The van der Waals surface area contributed by atoms with Crippen molar-refractivity contribution in [1.29, 1.82) is 0 Å². The average Bonchev–Trinajstić information content (AvgIpc) is 2.25. The number of pyridine rings is 1. The molecule has 4 heteroatoms. The number of alkyl halides is 1. The van der Waals surface area contributed by atoms with Crippen LogP contribution in [0.5, 0.6) is 0 Å². The Morgan fingerprint density at radius 3 is 2.93 bits per heavy atom. The average molecular weight is 197 g/mol. The van der Waals surface area contributed by atoms with Gasteiger partial charge in [-0.15, -0.1) is 0 Å². The molecule has 1 aromatic heterocycles. The summed E-state index contributed by atoms with van der Waals surface area (Å²) in [6.45, 7) is 2.38. The summed E-state index contributed by atoms with van der Waals surface area (Å²) >= 11 is 0. The van der Waals surface area contributed by atoms with Crippen molar-refractivity contribution in [2.24, 2.45) is 0 Å². The fourth-order valence-corrected chi connectivity index (χ4v) is 1.22. The number of rotatable bonds is 6. The molecule has 0 radical (unpaired) electrons. The lowest BCUT2D eigenvalue weighted by Gasteiger charge is -2.18. The minimum Gasteiger partial charge on any atom is -0.298 e. The van der Waals surface area contributed by atoms with Gasteiger partial charge in [0.1, 0.15) is 6.80 Å². The molecule has 0 spiro atoms. The van der Waals surface area contributed by atoms with E-state index in [2.05, 4.69) is 22.5 Å². The quantitative estimate of drug-likeness (QED) is 0.537. The Balaban J connectivity index is 2.58. The molecule has 1 rings (SSSR count). The minimum atomic E-state index is -0.545. The maximum Gasteiger partial charge on any atom is 0.141 e. The first kappa shape index (κ1) is 11.1. The molecule has 3 nitrogen and oxygen atoms in total. The van der Waals surface area contributed by atoms with Gasteiger partial charge in [-0.25, -0.2) is 4.39 Å². The molecular weight excluding hydrogens is 181 g/mol. The zero-order valence-electron chi connectivity index (χ0n) is 8.33. The molecule has 0 aliphatic heterocycles. The lowest BCUT2D eigenvalue weighted by molar-refractivity contribution is 0.344. The van der Waals surface area contributed by atoms with Gasteiger partial charge >= 0.3 is 0 Å². The van der Waals surface area contributed by atoms with Crippen LogP contribution in [0.15, 0.2) is 24.5 Å². The monoisotopic (exact) mass is 197 g/mol. The predicted octanol–water partition coefficient (Wildman–Crippen LogP) is 1.60. The van der Waals surface area contributed by atoms with Gasteiger partial charge in [0, 0.05) is 18.0 Å². The summed E-state index contributed by atoms with van der Waals surface area (Å²) < 4.78 is 12.2. The van der Waals surface area contributed by atoms with Gasteiger partial charge < -0.3 is 0 Å². The molecule has 1 atom stereocenters. The molecule has 0 saturated heterocycles. The summed E-state index contributed by atoms with van der Waals surface area (Å²) in [6, 6.07) is 3.76. The summed E-state index contributed by atoms with van der Waals surface area (Å²) in [5, 5.41) is 5.91. The Kier molecular flexibility index (Phi) is 5.11. The fraction of sp³-hybridized carbons (Fsp3) is 0.500. The van der Waals surface area contributed by atoms with Crippen molar-refractivity contribution in [2.75, 3.05) is 13.3 Å². The standard InChI is InChI=1S/C10H16FN3/c1-2-5-13-10(14-8-11)9-4-3-6-12-7-9/h3-4,6-7,10,13-14H,2,5,8H2,1H3. The third kappa shape index (κ3) is 3.40. The first-order valence-corrected chi connectivity index (χ1v) is 4.81. The molecule has 1 aromatic rings. The molecule has 1 heterocycles. The molecule has 0 aliphatic carbocycles. The predicted molar refractivity (Wildman–Crippen MR) is 54.4 cm³/mol. The van der Waals surface area contributed by atoms with Gasteiger partial charge in [-0.3, -0.25) is 15.6 Å². The summed E-state index contributed by atoms with van der Waals surface area (Å²) in [5.41, 5.74) is 0.957. The normalized spacial score (nSPS) is 12.7. The van der Waals surface area contributed by atoms with Crippen LogP contribution >= 0.6 is 0 Å². The first-order chi connectivity index (χ1) is 6.88. The first-order valence-electron chi connectivity index (χ1n) is 4.81. The smallest absolute Gasteiger partial charge is 0.141 e. The molecule has 1 unspecified atom stereocenters. The second kappa shape index (κ2) is 6.45. The van der Waals surface area contributed by atoms with E-state index in [-0.39, 0.29) is 6.17 Å². The van der Waals surface area contributed by atoms with Gasteiger partial charge in [0.2, 0.25) is 0 Å². The number of aromatic nitrogens is 1. The van der Waals surface area contributed by atoms with Gasteiger partial charge in [0.25, 0.3) is 0 Å². The Bertz CT molecular complexity index is 240. The van der Waals surface area contributed by atoms with E-state index in [1.165, 1.54) is 0 Å². The number of halogens is 1. The van der Waals surface area contributed by atoms with Gasteiger partial charge in [-0.1, -0.05) is 13.0 Å². The van der Waals surface area contributed by atoms with Gasteiger partial charge in [0.15, 0.2) is 0 Å². The second-order valence-corrected chi connectivity index (χ2v) is 3.01. The highest BCUT2D eigenvalue weighted by Crippen LogP contribution is 2.07. The minimum absolute atomic E-state index is 0.145. The molecular formula is C10H16FN3. The van der Waals surface area contributed by atoms with E-state index in [4.69, 9.17) is 0 Å². The van der Waals surface area contributed by atoms with Crippen molar-refractivity contribution >= 4 is 0 Å². The molecule has 0 fully saturated rings. The number of nitrogens with zero attached hydrogens (tertiary/aromatic N) is 1.